The quantitative estimate of drug-likeness (QED) is 0.285. The molecule has 0 aromatic rings. The van der Waals surface area contributed by atoms with E-state index < -0.39 is 24.4 Å². The van der Waals surface area contributed by atoms with E-state index in [4.69, 9.17) is 15.3 Å². The molecule has 1 aliphatic heterocycles. The fourth-order valence-electron chi connectivity index (χ4n) is 1.15. The van der Waals surface area contributed by atoms with Gasteiger partial charge < -0.3 is 25.7 Å². The second-order valence-electron chi connectivity index (χ2n) is 2.75. The highest BCUT2D eigenvalue weighted by Gasteiger charge is 2.35. The molecule has 0 bridgehead atoms. The van der Waals surface area contributed by atoms with Gasteiger partial charge in [0.1, 0.15) is 6.10 Å². The molecule has 4 atom stereocenters. The maximum atomic E-state index is 9.18. The third-order valence-corrected chi connectivity index (χ3v) is 1.94. The SMILES string of the molecule is OCC1NC[C@H](O)C(O)C1O. The van der Waals surface area contributed by atoms with Gasteiger partial charge in [-0.2, -0.15) is 0 Å². The van der Waals surface area contributed by atoms with Gasteiger partial charge >= 0.3 is 0 Å². The molecule has 0 spiro atoms. The summed E-state index contributed by atoms with van der Waals surface area (Å²) >= 11 is 0. The van der Waals surface area contributed by atoms with Gasteiger partial charge in [-0.15, -0.1) is 0 Å². The second kappa shape index (κ2) is 3.46. The summed E-state index contributed by atoms with van der Waals surface area (Å²) in [6.07, 6.45) is -3.20. The summed E-state index contributed by atoms with van der Waals surface area (Å²) in [4.78, 5) is 0. The Labute approximate surface area is 64.3 Å². The van der Waals surface area contributed by atoms with Crippen molar-refractivity contribution < 1.29 is 20.4 Å². The summed E-state index contributed by atoms with van der Waals surface area (Å²) < 4.78 is 0. The van der Waals surface area contributed by atoms with Gasteiger partial charge in [0.05, 0.1) is 24.9 Å². The van der Waals surface area contributed by atoms with E-state index in [9.17, 15) is 5.11 Å². The van der Waals surface area contributed by atoms with Crippen molar-refractivity contribution in [3.05, 3.63) is 0 Å². The minimum atomic E-state index is -1.16. The summed E-state index contributed by atoms with van der Waals surface area (Å²) in [6.45, 7) is -0.0472. The summed E-state index contributed by atoms with van der Waals surface area (Å²) in [7, 11) is 0. The van der Waals surface area contributed by atoms with Gasteiger partial charge in [-0.3, -0.25) is 0 Å². The number of rotatable bonds is 1. The molecule has 11 heavy (non-hydrogen) atoms. The predicted molar refractivity (Wildman–Crippen MR) is 36.9 cm³/mol. The molecule has 66 valence electrons. The number of hydrogen-bond donors (Lipinski definition) is 5. The average Bonchev–Trinajstić information content (AvgIpc) is 2.01. The van der Waals surface area contributed by atoms with E-state index >= 15 is 0 Å². The summed E-state index contributed by atoms with van der Waals surface area (Å²) in [6, 6.07) is -0.534. The van der Waals surface area contributed by atoms with Gasteiger partial charge in [-0.05, 0) is 0 Å². The third kappa shape index (κ3) is 1.69. The fraction of sp³-hybridized carbons (Fsp3) is 1.00. The first kappa shape index (κ1) is 8.89. The van der Waals surface area contributed by atoms with Crippen molar-refractivity contribution in [2.45, 2.75) is 24.4 Å². The van der Waals surface area contributed by atoms with E-state index in [1.54, 1.807) is 0 Å². The van der Waals surface area contributed by atoms with Crippen LogP contribution in [0.1, 0.15) is 0 Å². The summed E-state index contributed by atoms with van der Waals surface area (Å²) in [5.74, 6) is 0. The number of hydrogen-bond acceptors (Lipinski definition) is 5. The minimum Gasteiger partial charge on any atom is -0.395 e. The van der Waals surface area contributed by atoms with Crippen molar-refractivity contribution in [2.75, 3.05) is 13.2 Å². The Morgan fingerprint density at radius 1 is 1.18 bits per heavy atom. The lowest BCUT2D eigenvalue weighted by Crippen LogP contribution is -2.60. The Morgan fingerprint density at radius 2 is 1.82 bits per heavy atom. The lowest BCUT2D eigenvalue weighted by atomic mass is 9.97. The molecule has 0 radical (unpaired) electrons. The smallest absolute Gasteiger partial charge is 0.109 e. The summed E-state index contributed by atoms with van der Waals surface area (Å²) in [5.41, 5.74) is 0. The zero-order valence-electron chi connectivity index (χ0n) is 6.01. The van der Waals surface area contributed by atoms with Gasteiger partial charge in [0.15, 0.2) is 0 Å². The van der Waals surface area contributed by atoms with Crippen LogP contribution in [0.3, 0.4) is 0 Å². The lowest BCUT2D eigenvalue weighted by Gasteiger charge is -2.34. The van der Waals surface area contributed by atoms with E-state index in [1.165, 1.54) is 0 Å². The Balaban J connectivity index is 2.52. The van der Waals surface area contributed by atoms with Gasteiger partial charge in [0, 0.05) is 6.54 Å². The van der Waals surface area contributed by atoms with Crippen molar-refractivity contribution >= 4 is 0 Å². The van der Waals surface area contributed by atoms with Crippen molar-refractivity contribution in [3.63, 3.8) is 0 Å². The van der Waals surface area contributed by atoms with Crippen LogP contribution in [0.5, 0.6) is 0 Å². The molecule has 1 heterocycles. The molecule has 0 amide bonds. The summed E-state index contributed by atoms with van der Waals surface area (Å²) in [5, 5.41) is 38.6. The molecule has 3 unspecified atom stereocenters. The van der Waals surface area contributed by atoms with Crippen molar-refractivity contribution in [1.82, 2.24) is 5.32 Å². The first-order valence-electron chi connectivity index (χ1n) is 3.55. The van der Waals surface area contributed by atoms with Crippen molar-refractivity contribution in [1.29, 1.82) is 0 Å². The first-order chi connectivity index (χ1) is 5.16. The molecule has 5 heteroatoms. The number of nitrogens with one attached hydrogen (secondary N) is 1. The highest BCUT2D eigenvalue weighted by molar-refractivity contribution is 4.91. The highest BCUT2D eigenvalue weighted by atomic mass is 16.4. The number of aliphatic hydroxyl groups is 4. The molecule has 5 nitrogen and oxygen atoms in total. The van der Waals surface area contributed by atoms with E-state index in [2.05, 4.69) is 5.32 Å². The van der Waals surface area contributed by atoms with Gasteiger partial charge in [-0.25, -0.2) is 0 Å². The van der Waals surface area contributed by atoms with Gasteiger partial charge in [0.2, 0.25) is 0 Å². The number of β-amino-alcohol motifs (C(OH)–C–C–N with tert-alkyl or cyclic N) is 1. The average molecular weight is 163 g/mol. The molecule has 5 N–H and O–H groups in total. The van der Waals surface area contributed by atoms with Gasteiger partial charge in [0.25, 0.3) is 0 Å². The first-order valence-corrected chi connectivity index (χ1v) is 3.55. The standard InChI is InChI=1S/C6H13NO4/c8-2-3-5(10)6(11)4(9)1-7-3/h3-11H,1-2H2/t3?,4-,5?,6?/m0/s1. The molecular weight excluding hydrogens is 150 g/mol. The predicted octanol–water partition coefficient (Wildman–Crippen LogP) is -2.97. The Morgan fingerprint density at radius 3 is 2.36 bits per heavy atom. The molecule has 0 aromatic carbocycles. The normalized spacial score (nSPS) is 45.8. The fourth-order valence-corrected chi connectivity index (χ4v) is 1.15. The molecular formula is C6H13NO4. The molecule has 1 saturated heterocycles. The molecule has 1 fully saturated rings. The lowest BCUT2D eigenvalue weighted by molar-refractivity contribution is -0.101. The monoisotopic (exact) mass is 163 g/mol. The van der Waals surface area contributed by atoms with E-state index in [0.717, 1.165) is 0 Å². The maximum Gasteiger partial charge on any atom is 0.109 e. The van der Waals surface area contributed by atoms with Crippen LogP contribution < -0.4 is 5.32 Å². The Kier molecular flexibility index (Phi) is 2.80. The van der Waals surface area contributed by atoms with Crippen LogP contribution in [0.15, 0.2) is 0 Å². The molecule has 0 aliphatic carbocycles. The van der Waals surface area contributed by atoms with E-state index in [1.807, 2.05) is 0 Å². The molecule has 0 saturated carbocycles. The number of aliphatic hydroxyl groups excluding tert-OH is 4. The molecule has 0 aromatic heterocycles. The van der Waals surface area contributed by atoms with Crippen LogP contribution >= 0.6 is 0 Å². The highest BCUT2D eigenvalue weighted by Crippen LogP contribution is 2.09. The Bertz CT molecular complexity index is 130. The van der Waals surface area contributed by atoms with Crippen LogP contribution in [-0.4, -0.2) is 57.9 Å². The number of piperidine rings is 1. The van der Waals surface area contributed by atoms with Crippen LogP contribution in [0.2, 0.25) is 0 Å². The van der Waals surface area contributed by atoms with Gasteiger partial charge in [-0.1, -0.05) is 0 Å². The van der Waals surface area contributed by atoms with Crippen molar-refractivity contribution in [2.24, 2.45) is 0 Å². The minimum absolute atomic E-state index is 0.198. The zero-order valence-corrected chi connectivity index (χ0v) is 6.01. The molecule has 1 rings (SSSR count). The van der Waals surface area contributed by atoms with E-state index in [-0.39, 0.29) is 13.2 Å². The van der Waals surface area contributed by atoms with Crippen LogP contribution in [0, 0.1) is 0 Å². The maximum absolute atomic E-state index is 9.18. The Hall–Kier alpha value is -0.200. The zero-order chi connectivity index (χ0) is 8.43. The largest absolute Gasteiger partial charge is 0.395 e. The van der Waals surface area contributed by atoms with Crippen LogP contribution in [0.4, 0.5) is 0 Å². The van der Waals surface area contributed by atoms with Crippen molar-refractivity contribution in [3.8, 4) is 0 Å². The topological polar surface area (TPSA) is 93.0 Å². The third-order valence-electron chi connectivity index (χ3n) is 1.94. The second-order valence-corrected chi connectivity index (χ2v) is 2.75. The van der Waals surface area contributed by atoms with Crippen LogP contribution in [0.25, 0.3) is 0 Å². The molecule has 1 aliphatic rings. The van der Waals surface area contributed by atoms with E-state index in [0.29, 0.717) is 0 Å². The van der Waals surface area contributed by atoms with Crippen LogP contribution in [-0.2, 0) is 0 Å².